The Hall–Kier alpha value is -2.14. The topological polar surface area (TPSA) is 165 Å². The Morgan fingerprint density at radius 1 is 1.22 bits per heavy atom. The van der Waals surface area contributed by atoms with E-state index in [9.17, 15) is 29.7 Å². The van der Waals surface area contributed by atoms with Crippen molar-refractivity contribution in [1.82, 2.24) is 9.55 Å². The Labute approximate surface area is 155 Å². The molecule has 2 rings (SSSR count). The fourth-order valence-electron chi connectivity index (χ4n) is 3.16. The smallest absolute Gasteiger partial charge is 0.351 e. The third-order valence-corrected chi connectivity index (χ3v) is 4.58. The first kappa shape index (κ1) is 21.2. The Kier molecular flexibility index (Phi) is 6.47. The van der Waals surface area contributed by atoms with Gasteiger partial charge in [0.1, 0.15) is 24.1 Å². The van der Waals surface area contributed by atoms with Crippen LogP contribution >= 0.6 is 0 Å². The van der Waals surface area contributed by atoms with E-state index >= 15 is 0 Å². The normalized spacial score (nSPS) is 25.5. The van der Waals surface area contributed by atoms with Gasteiger partial charge in [0, 0.05) is 19.0 Å². The van der Waals surface area contributed by atoms with Gasteiger partial charge in [-0.1, -0.05) is 13.8 Å². The molecule has 2 heterocycles. The van der Waals surface area contributed by atoms with Crippen LogP contribution in [0.25, 0.3) is 0 Å². The number of hydrogen-bond donors (Lipinski definition) is 4. The van der Waals surface area contributed by atoms with Gasteiger partial charge in [0.15, 0.2) is 17.8 Å². The van der Waals surface area contributed by atoms with Gasteiger partial charge in [0.25, 0.3) is 0 Å². The Morgan fingerprint density at radius 2 is 1.78 bits per heavy atom. The minimum atomic E-state index is -2.62. The monoisotopic (exact) mass is 383 g/mol. The van der Waals surface area contributed by atoms with Crippen molar-refractivity contribution in [2.45, 2.75) is 69.7 Å². The van der Waals surface area contributed by atoms with Crippen molar-refractivity contribution >= 4 is 17.4 Å². The van der Waals surface area contributed by atoms with Crippen LogP contribution in [-0.2, 0) is 14.3 Å². The van der Waals surface area contributed by atoms with E-state index in [2.05, 4.69) is 4.98 Å². The maximum absolute atomic E-state index is 12.5. The summed E-state index contributed by atoms with van der Waals surface area (Å²) in [6.45, 7) is 3.40. The maximum atomic E-state index is 12.5. The van der Waals surface area contributed by atoms with Crippen molar-refractivity contribution in [2.75, 3.05) is 5.73 Å². The number of aliphatic hydroxyl groups excluding tert-OH is 2. The van der Waals surface area contributed by atoms with E-state index in [1.165, 1.54) is 12.3 Å². The molecule has 4 atom stereocenters. The van der Waals surface area contributed by atoms with Crippen LogP contribution in [-0.4, -0.2) is 60.4 Å². The average Bonchev–Trinajstić information content (AvgIpc) is 2.90. The van der Waals surface area contributed by atoms with Gasteiger partial charge in [-0.3, -0.25) is 14.2 Å². The zero-order valence-corrected chi connectivity index (χ0v) is 15.2. The van der Waals surface area contributed by atoms with Gasteiger partial charge >= 0.3 is 5.69 Å². The number of nitrogens with two attached hydrogens (primary N) is 1. The summed E-state index contributed by atoms with van der Waals surface area (Å²) >= 11 is 0. The van der Waals surface area contributed by atoms with Crippen molar-refractivity contribution in [1.29, 1.82) is 0 Å². The summed E-state index contributed by atoms with van der Waals surface area (Å²) in [5.74, 6) is -1.65. The van der Waals surface area contributed by atoms with Gasteiger partial charge in [0.2, 0.25) is 5.60 Å². The molecule has 0 unspecified atom stereocenters. The molecule has 10 nitrogen and oxygen atoms in total. The van der Waals surface area contributed by atoms with Gasteiger partial charge in [-0.25, -0.2) is 4.79 Å². The van der Waals surface area contributed by atoms with E-state index in [1.807, 2.05) is 0 Å². The van der Waals surface area contributed by atoms with Crippen LogP contribution in [0, 0.1) is 0 Å². The molecule has 0 radical (unpaired) electrons. The summed E-state index contributed by atoms with van der Waals surface area (Å²) in [5, 5.41) is 31.7. The molecule has 0 aromatic carbocycles. The highest BCUT2D eigenvalue weighted by Gasteiger charge is 2.59. The molecule has 5 N–H and O–H groups in total. The summed E-state index contributed by atoms with van der Waals surface area (Å²) in [6.07, 6.45) is -4.88. The highest BCUT2D eigenvalue weighted by molar-refractivity contribution is 6.11. The molecule has 0 aliphatic carbocycles. The highest BCUT2D eigenvalue weighted by Crippen LogP contribution is 2.36. The number of aromatic nitrogens is 2. The van der Waals surface area contributed by atoms with E-state index in [1.54, 1.807) is 13.8 Å². The van der Waals surface area contributed by atoms with Crippen molar-refractivity contribution in [3.05, 3.63) is 22.7 Å². The van der Waals surface area contributed by atoms with Crippen LogP contribution in [0.5, 0.6) is 0 Å². The van der Waals surface area contributed by atoms with Crippen LogP contribution in [0.1, 0.15) is 45.8 Å². The summed E-state index contributed by atoms with van der Waals surface area (Å²) in [6, 6.07) is 1.29. The number of aliphatic hydroxyl groups is 3. The van der Waals surface area contributed by atoms with Gasteiger partial charge < -0.3 is 25.8 Å². The van der Waals surface area contributed by atoms with E-state index in [0.29, 0.717) is 12.8 Å². The standard InChI is InChI=1S/C17H25N3O7/c1-3-5-9(21)17(26,10(22)6-4-2)14-12(23)13(24)15(27-14)20-8-7-11(18)19-16(20)25/h7-8,12-15,23-24,26H,3-6H2,1-2H3,(H2,18,19,25)/t12-,13+,14-,15+/m0/s1. The van der Waals surface area contributed by atoms with E-state index < -0.39 is 47.4 Å². The largest absolute Gasteiger partial charge is 0.387 e. The number of ether oxygens (including phenoxy) is 1. The van der Waals surface area contributed by atoms with Crippen LogP contribution < -0.4 is 11.4 Å². The van der Waals surface area contributed by atoms with Crippen LogP contribution in [0.4, 0.5) is 5.82 Å². The number of carbonyl (C=O) groups excluding carboxylic acids is 2. The molecule has 0 bridgehead atoms. The fraction of sp³-hybridized carbons (Fsp3) is 0.647. The van der Waals surface area contributed by atoms with Crippen molar-refractivity contribution in [2.24, 2.45) is 0 Å². The van der Waals surface area contributed by atoms with Crippen LogP contribution in [0.2, 0.25) is 0 Å². The predicted molar refractivity (Wildman–Crippen MR) is 93.6 cm³/mol. The molecule has 0 saturated carbocycles. The number of nitrogen functional groups attached to an aromatic ring is 1. The van der Waals surface area contributed by atoms with Gasteiger partial charge in [-0.05, 0) is 18.9 Å². The molecule has 150 valence electrons. The Bertz CT molecular complexity index is 745. The molecule has 1 saturated heterocycles. The lowest BCUT2D eigenvalue weighted by Crippen LogP contribution is -2.59. The van der Waals surface area contributed by atoms with E-state index in [-0.39, 0.29) is 18.7 Å². The molecular weight excluding hydrogens is 358 g/mol. The molecule has 1 fully saturated rings. The first-order valence-corrected chi connectivity index (χ1v) is 8.83. The number of ketones is 2. The molecule has 1 aliphatic heterocycles. The molecule has 1 aliphatic rings. The third-order valence-electron chi connectivity index (χ3n) is 4.58. The summed E-state index contributed by atoms with van der Waals surface area (Å²) < 4.78 is 6.36. The average molecular weight is 383 g/mol. The Morgan fingerprint density at radius 3 is 2.26 bits per heavy atom. The second-order valence-electron chi connectivity index (χ2n) is 6.58. The first-order valence-electron chi connectivity index (χ1n) is 8.83. The van der Waals surface area contributed by atoms with Crippen molar-refractivity contribution in [3.8, 4) is 0 Å². The number of rotatable bonds is 8. The SMILES string of the molecule is CCCC(=O)C(O)(C(=O)CCC)[C@H]1O[C@@H](n2ccc(N)nc2=O)[C@H](O)[C@@H]1O. The molecular formula is C17H25N3O7. The number of Topliss-reactive ketones (excluding diaryl/α,β-unsaturated/α-hetero) is 2. The molecule has 0 spiro atoms. The summed E-state index contributed by atoms with van der Waals surface area (Å²) in [5.41, 5.74) is 1.95. The number of nitrogens with zero attached hydrogens (tertiary/aromatic N) is 2. The van der Waals surface area contributed by atoms with Gasteiger partial charge in [0.05, 0.1) is 0 Å². The molecule has 10 heteroatoms. The number of anilines is 1. The zero-order valence-electron chi connectivity index (χ0n) is 15.2. The molecule has 1 aromatic rings. The fourth-order valence-corrected chi connectivity index (χ4v) is 3.16. The van der Waals surface area contributed by atoms with E-state index in [4.69, 9.17) is 10.5 Å². The lowest BCUT2D eigenvalue weighted by molar-refractivity contribution is -0.176. The number of hydrogen-bond acceptors (Lipinski definition) is 9. The molecule has 27 heavy (non-hydrogen) atoms. The van der Waals surface area contributed by atoms with Crippen molar-refractivity contribution < 1.29 is 29.6 Å². The summed E-state index contributed by atoms with van der Waals surface area (Å²) in [4.78, 5) is 40.6. The molecule has 0 amide bonds. The van der Waals surface area contributed by atoms with E-state index in [0.717, 1.165) is 4.57 Å². The minimum Gasteiger partial charge on any atom is -0.387 e. The molecule has 1 aromatic heterocycles. The van der Waals surface area contributed by atoms with Gasteiger partial charge in [-0.15, -0.1) is 0 Å². The van der Waals surface area contributed by atoms with Crippen molar-refractivity contribution in [3.63, 3.8) is 0 Å². The van der Waals surface area contributed by atoms with Crippen LogP contribution in [0.3, 0.4) is 0 Å². The first-order chi connectivity index (χ1) is 12.7. The number of carbonyl (C=O) groups is 2. The second kappa shape index (κ2) is 8.26. The quantitative estimate of drug-likeness (QED) is 0.408. The zero-order chi connectivity index (χ0) is 20.4. The summed E-state index contributed by atoms with van der Waals surface area (Å²) in [7, 11) is 0. The third kappa shape index (κ3) is 3.79. The lowest BCUT2D eigenvalue weighted by atomic mass is 9.81. The van der Waals surface area contributed by atoms with Crippen LogP contribution in [0.15, 0.2) is 17.1 Å². The lowest BCUT2D eigenvalue weighted by Gasteiger charge is -2.32. The second-order valence-corrected chi connectivity index (χ2v) is 6.58. The van der Waals surface area contributed by atoms with Gasteiger partial charge in [-0.2, -0.15) is 4.98 Å². The predicted octanol–water partition coefficient (Wildman–Crippen LogP) is -1.09. The maximum Gasteiger partial charge on any atom is 0.351 e. The minimum absolute atomic E-state index is 0.0476. The Balaban J connectivity index is 2.44. The highest BCUT2D eigenvalue weighted by atomic mass is 16.6.